The van der Waals surface area contributed by atoms with Crippen molar-refractivity contribution in [3.63, 3.8) is 0 Å². The van der Waals surface area contributed by atoms with Crippen LogP contribution in [0.25, 0.3) is 0 Å². The summed E-state index contributed by atoms with van der Waals surface area (Å²) in [6.45, 7) is 4.62. The van der Waals surface area contributed by atoms with Crippen LogP contribution in [-0.2, 0) is 6.42 Å². The van der Waals surface area contributed by atoms with E-state index in [2.05, 4.69) is 43.3 Å². The quantitative estimate of drug-likeness (QED) is 0.804. The number of pyridine rings is 1. The maximum absolute atomic E-state index is 4.67. The third-order valence-corrected chi connectivity index (χ3v) is 4.73. The summed E-state index contributed by atoms with van der Waals surface area (Å²) in [5, 5.41) is 3.60. The summed E-state index contributed by atoms with van der Waals surface area (Å²) in [5.74, 6) is 1.39. The molecule has 1 aromatic heterocycles. The molecule has 0 saturated carbocycles. The Morgan fingerprint density at radius 3 is 2.95 bits per heavy atom. The minimum Gasteiger partial charge on any atom is -0.316 e. The van der Waals surface area contributed by atoms with Crippen LogP contribution in [0.15, 0.2) is 18.3 Å². The first-order valence-electron chi connectivity index (χ1n) is 7.92. The van der Waals surface area contributed by atoms with Gasteiger partial charge in [0.05, 0.1) is 0 Å². The molecule has 0 aromatic carbocycles. The molecule has 1 aliphatic carbocycles. The van der Waals surface area contributed by atoms with Crippen molar-refractivity contribution >= 4 is 0 Å². The molecule has 106 valence electrons. The average Bonchev–Trinajstić information content (AvgIpc) is 2.87. The first kappa shape index (κ1) is 14.5. The molecular formula is C17H28N2. The van der Waals surface area contributed by atoms with Crippen molar-refractivity contribution in [1.82, 2.24) is 10.3 Å². The molecule has 2 nitrogen and oxygen atoms in total. The third-order valence-electron chi connectivity index (χ3n) is 4.73. The Morgan fingerprint density at radius 2 is 2.26 bits per heavy atom. The van der Waals surface area contributed by atoms with E-state index in [0.717, 1.165) is 5.92 Å². The maximum Gasteiger partial charge on any atom is 0.0482 e. The van der Waals surface area contributed by atoms with Crippen LogP contribution >= 0.6 is 0 Å². The fourth-order valence-corrected chi connectivity index (χ4v) is 3.66. The lowest BCUT2D eigenvalue weighted by Gasteiger charge is -2.31. The highest BCUT2D eigenvalue weighted by Gasteiger charge is 2.33. The molecule has 1 N–H and O–H groups in total. The second-order valence-electron chi connectivity index (χ2n) is 5.82. The Bertz CT molecular complexity index is 389. The highest BCUT2D eigenvalue weighted by atomic mass is 14.9. The molecule has 19 heavy (non-hydrogen) atoms. The summed E-state index contributed by atoms with van der Waals surface area (Å²) in [7, 11) is 2.13. The summed E-state index contributed by atoms with van der Waals surface area (Å²) in [5.41, 5.74) is 2.83. The molecule has 0 fully saturated rings. The van der Waals surface area contributed by atoms with E-state index < -0.39 is 0 Å². The number of unbranched alkanes of at least 4 members (excludes halogenated alkanes) is 1. The minimum absolute atomic E-state index is 0.590. The first-order valence-corrected chi connectivity index (χ1v) is 7.92. The topological polar surface area (TPSA) is 24.9 Å². The van der Waals surface area contributed by atoms with Crippen LogP contribution < -0.4 is 5.32 Å². The molecule has 1 heterocycles. The minimum atomic E-state index is 0.590. The van der Waals surface area contributed by atoms with Crippen molar-refractivity contribution in [2.75, 3.05) is 7.05 Å². The lowest BCUT2D eigenvalue weighted by atomic mass is 9.82. The molecule has 0 radical (unpaired) electrons. The number of aromatic nitrogens is 1. The number of hydrogen-bond acceptors (Lipinski definition) is 2. The van der Waals surface area contributed by atoms with E-state index in [0.29, 0.717) is 12.0 Å². The molecule has 0 bridgehead atoms. The van der Waals surface area contributed by atoms with E-state index in [4.69, 9.17) is 0 Å². The van der Waals surface area contributed by atoms with E-state index in [1.807, 2.05) is 6.20 Å². The standard InChI is InChI=1S/C17H28N2/c1-4-6-8-13(5-2)16(18-3)15-11-10-14-9-7-12-19-17(14)15/h7,9,12-13,15-16,18H,4-6,8,10-11H2,1-3H3. The summed E-state index contributed by atoms with van der Waals surface area (Å²) < 4.78 is 0. The molecule has 1 aliphatic rings. The van der Waals surface area contributed by atoms with E-state index in [1.165, 1.54) is 49.8 Å². The van der Waals surface area contributed by atoms with Crippen molar-refractivity contribution in [1.29, 1.82) is 0 Å². The highest BCUT2D eigenvalue weighted by Crippen LogP contribution is 2.37. The van der Waals surface area contributed by atoms with Crippen molar-refractivity contribution < 1.29 is 0 Å². The molecule has 0 amide bonds. The van der Waals surface area contributed by atoms with Crippen LogP contribution in [0.5, 0.6) is 0 Å². The molecule has 0 spiro atoms. The molecule has 0 aliphatic heterocycles. The smallest absolute Gasteiger partial charge is 0.0482 e. The largest absolute Gasteiger partial charge is 0.316 e. The predicted molar refractivity (Wildman–Crippen MR) is 81.5 cm³/mol. The van der Waals surface area contributed by atoms with Crippen molar-refractivity contribution in [3.8, 4) is 0 Å². The van der Waals surface area contributed by atoms with Crippen LogP contribution in [0, 0.1) is 5.92 Å². The van der Waals surface area contributed by atoms with Crippen LogP contribution in [0.1, 0.15) is 63.1 Å². The summed E-state index contributed by atoms with van der Waals surface area (Å²) in [4.78, 5) is 4.67. The van der Waals surface area contributed by atoms with Gasteiger partial charge in [-0.2, -0.15) is 0 Å². The Hall–Kier alpha value is -0.890. The van der Waals surface area contributed by atoms with Gasteiger partial charge in [0.25, 0.3) is 0 Å². The van der Waals surface area contributed by atoms with Gasteiger partial charge in [0.1, 0.15) is 0 Å². The number of nitrogens with zero attached hydrogens (tertiary/aromatic N) is 1. The van der Waals surface area contributed by atoms with Crippen molar-refractivity contribution in [3.05, 3.63) is 29.6 Å². The predicted octanol–water partition coefficient (Wildman–Crippen LogP) is 3.92. The van der Waals surface area contributed by atoms with Gasteiger partial charge in [0.2, 0.25) is 0 Å². The van der Waals surface area contributed by atoms with Gasteiger partial charge in [-0.25, -0.2) is 0 Å². The van der Waals surface area contributed by atoms with Gasteiger partial charge in [-0.05, 0) is 43.9 Å². The van der Waals surface area contributed by atoms with Gasteiger partial charge in [-0.3, -0.25) is 4.98 Å². The zero-order valence-electron chi connectivity index (χ0n) is 12.7. The Morgan fingerprint density at radius 1 is 1.42 bits per heavy atom. The zero-order chi connectivity index (χ0) is 13.7. The van der Waals surface area contributed by atoms with Crippen LogP contribution in [0.4, 0.5) is 0 Å². The fraction of sp³-hybridized carbons (Fsp3) is 0.706. The normalized spacial score (nSPS) is 21.1. The Balaban J connectivity index is 2.13. The van der Waals surface area contributed by atoms with E-state index >= 15 is 0 Å². The lowest BCUT2D eigenvalue weighted by Crippen LogP contribution is -2.38. The number of hydrogen-bond donors (Lipinski definition) is 1. The van der Waals surface area contributed by atoms with Crippen LogP contribution in [0.3, 0.4) is 0 Å². The SMILES string of the molecule is CCCCC(CC)C(NC)C1CCc2cccnc21. The summed E-state index contributed by atoms with van der Waals surface area (Å²) in [6.07, 6.45) is 9.68. The molecule has 3 unspecified atom stereocenters. The second-order valence-corrected chi connectivity index (χ2v) is 5.82. The van der Waals surface area contributed by atoms with Gasteiger partial charge in [-0.15, -0.1) is 0 Å². The van der Waals surface area contributed by atoms with Gasteiger partial charge >= 0.3 is 0 Å². The Kier molecular flexibility index (Phi) is 5.38. The van der Waals surface area contributed by atoms with E-state index in [9.17, 15) is 0 Å². The van der Waals surface area contributed by atoms with Gasteiger partial charge in [-0.1, -0.05) is 39.2 Å². The number of aryl methyl sites for hydroxylation is 1. The molecule has 3 atom stereocenters. The first-order chi connectivity index (χ1) is 9.31. The summed E-state index contributed by atoms with van der Waals surface area (Å²) >= 11 is 0. The molecule has 1 aromatic rings. The molecule has 2 heteroatoms. The molecule has 2 rings (SSSR count). The lowest BCUT2D eigenvalue weighted by molar-refractivity contribution is 0.287. The fourth-order valence-electron chi connectivity index (χ4n) is 3.66. The van der Waals surface area contributed by atoms with Crippen molar-refractivity contribution in [2.24, 2.45) is 5.92 Å². The summed E-state index contributed by atoms with van der Waals surface area (Å²) in [6, 6.07) is 4.92. The second kappa shape index (κ2) is 7.04. The van der Waals surface area contributed by atoms with E-state index in [-0.39, 0.29) is 0 Å². The van der Waals surface area contributed by atoms with E-state index in [1.54, 1.807) is 0 Å². The zero-order valence-corrected chi connectivity index (χ0v) is 12.7. The van der Waals surface area contributed by atoms with Crippen molar-refractivity contribution in [2.45, 2.75) is 64.3 Å². The van der Waals surface area contributed by atoms with Crippen LogP contribution in [0.2, 0.25) is 0 Å². The number of fused-ring (bicyclic) bond motifs is 1. The Labute approximate surface area is 118 Å². The third kappa shape index (κ3) is 3.17. The highest BCUT2D eigenvalue weighted by molar-refractivity contribution is 5.30. The number of nitrogens with one attached hydrogen (secondary N) is 1. The average molecular weight is 260 g/mol. The monoisotopic (exact) mass is 260 g/mol. The molecular weight excluding hydrogens is 232 g/mol. The van der Waals surface area contributed by atoms with Gasteiger partial charge in [0.15, 0.2) is 0 Å². The molecule has 0 saturated heterocycles. The van der Waals surface area contributed by atoms with Gasteiger partial charge < -0.3 is 5.32 Å². The van der Waals surface area contributed by atoms with Crippen LogP contribution in [-0.4, -0.2) is 18.1 Å². The van der Waals surface area contributed by atoms with Gasteiger partial charge in [0, 0.05) is 23.9 Å². The number of likely N-dealkylation sites (N-methyl/N-ethyl adjacent to an activating group) is 1. The maximum atomic E-state index is 4.67. The number of rotatable bonds is 7.